The molecule has 0 unspecified atom stereocenters. The van der Waals surface area contributed by atoms with Crippen LogP contribution in [0.1, 0.15) is 22.3 Å². The molecule has 1 spiro atoms. The topological polar surface area (TPSA) is 47.9 Å². The summed E-state index contributed by atoms with van der Waals surface area (Å²) in [5, 5.41) is 2.35. The first-order valence-electron chi connectivity index (χ1n) is 18.3. The molecule has 11 rings (SSSR count). The van der Waals surface area contributed by atoms with Crippen molar-refractivity contribution in [2.75, 3.05) is 0 Å². The Morgan fingerprint density at radius 1 is 0.333 bits per heavy atom. The predicted octanol–water partition coefficient (Wildman–Crippen LogP) is 12.2. The van der Waals surface area contributed by atoms with Crippen molar-refractivity contribution in [1.29, 1.82) is 0 Å². The highest BCUT2D eigenvalue weighted by Crippen LogP contribution is 2.63. The molecule has 4 heteroatoms. The highest BCUT2D eigenvalue weighted by Gasteiger charge is 2.51. The van der Waals surface area contributed by atoms with Crippen LogP contribution in [0.2, 0.25) is 0 Å². The van der Waals surface area contributed by atoms with Crippen molar-refractivity contribution in [3.05, 3.63) is 210 Å². The maximum absolute atomic E-state index is 7.10. The lowest BCUT2D eigenvalue weighted by Gasteiger charge is -2.40. The van der Waals surface area contributed by atoms with E-state index < -0.39 is 5.41 Å². The number of benzene rings is 8. The smallest absolute Gasteiger partial charge is 0.164 e. The fraction of sp³-hybridized carbons (Fsp3) is 0.0200. The van der Waals surface area contributed by atoms with E-state index in [0.717, 1.165) is 55.8 Å². The number of hydrogen-bond donors (Lipinski definition) is 0. The van der Waals surface area contributed by atoms with E-state index in [1.807, 2.05) is 60.7 Å². The number of hydrogen-bond acceptors (Lipinski definition) is 4. The van der Waals surface area contributed by atoms with Crippen LogP contribution in [0.15, 0.2) is 188 Å². The lowest BCUT2D eigenvalue weighted by atomic mass is 9.65. The maximum atomic E-state index is 7.10. The van der Waals surface area contributed by atoms with E-state index in [1.165, 1.54) is 27.6 Å². The second-order valence-corrected chi connectivity index (χ2v) is 13.9. The highest BCUT2D eigenvalue weighted by atomic mass is 16.5. The number of nitrogens with zero attached hydrogens (tertiary/aromatic N) is 3. The zero-order valence-corrected chi connectivity index (χ0v) is 29.1. The molecule has 252 valence electrons. The molecule has 0 N–H and O–H groups in total. The summed E-state index contributed by atoms with van der Waals surface area (Å²) in [5.74, 6) is 3.66. The van der Waals surface area contributed by atoms with Gasteiger partial charge in [0.25, 0.3) is 0 Å². The lowest BCUT2D eigenvalue weighted by Crippen LogP contribution is -2.32. The van der Waals surface area contributed by atoms with Crippen LogP contribution in [0.25, 0.3) is 67.2 Å². The Bertz CT molecular complexity index is 2800. The molecule has 0 bridgehead atoms. The third-order valence-corrected chi connectivity index (χ3v) is 11.0. The summed E-state index contributed by atoms with van der Waals surface area (Å²) in [4.78, 5) is 14.8. The van der Waals surface area contributed by atoms with Crippen LogP contribution < -0.4 is 4.74 Å². The maximum Gasteiger partial charge on any atom is 0.164 e. The van der Waals surface area contributed by atoms with Gasteiger partial charge in [0.2, 0.25) is 0 Å². The van der Waals surface area contributed by atoms with Gasteiger partial charge in [-0.3, -0.25) is 0 Å². The van der Waals surface area contributed by atoms with E-state index in [1.54, 1.807) is 0 Å². The van der Waals surface area contributed by atoms with E-state index in [9.17, 15) is 0 Å². The van der Waals surface area contributed by atoms with E-state index in [4.69, 9.17) is 19.7 Å². The molecule has 2 aliphatic rings. The largest absolute Gasteiger partial charge is 0.456 e. The Morgan fingerprint density at radius 3 is 1.37 bits per heavy atom. The summed E-state index contributed by atoms with van der Waals surface area (Å²) in [6.45, 7) is 0. The molecule has 0 fully saturated rings. The molecule has 0 saturated carbocycles. The minimum absolute atomic E-state index is 0.553. The van der Waals surface area contributed by atoms with Gasteiger partial charge in [0.1, 0.15) is 11.5 Å². The van der Waals surface area contributed by atoms with Crippen molar-refractivity contribution in [1.82, 2.24) is 15.0 Å². The zero-order valence-electron chi connectivity index (χ0n) is 29.1. The monoisotopic (exact) mass is 689 g/mol. The predicted molar refractivity (Wildman–Crippen MR) is 216 cm³/mol. The van der Waals surface area contributed by atoms with Gasteiger partial charge in [-0.2, -0.15) is 0 Å². The van der Waals surface area contributed by atoms with Gasteiger partial charge in [0, 0.05) is 33.4 Å². The van der Waals surface area contributed by atoms with Crippen molar-refractivity contribution in [2.45, 2.75) is 5.41 Å². The molecular formula is C50H31N3O. The Kier molecular flexibility index (Phi) is 6.73. The standard InChI is InChI=1S/C50H31N3O/c1-3-14-33(15-4-1)47-51-48(34-16-5-2-6-17-34)53-49(52-47)35-28-26-32(27-29-35)38-22-13-25-43-46(38)54-45-31-37-19-8-7-18-36(37)30-44(45)50(43)41-23-11-9-20-39(41)40-21-10-12-24-42(40)50/h1-31H. The third kappa shape index (κ3) is 4.53. The summed E-state index contributed by atoms with van der Waals surface area (Å²) in [6.07, 6.45) is 0. The SMILES string of the molecule is c1ccc(-c2nc(-c3ccccc3)nc(-c3ccc(-c4cccc5c4Oc4cc6ccccc6cc4C54c5ccccc5-c5ccccc54)cc3)n2)cc1. The van der Waals surface area contributed by atoms with E-state index in [0.29, 0.717) is 17.5 Å². The number of rotatable bonds is 4. The molecule has 2 heterocycles. The van der Waals surface area contributed by atoms with Gasteiger partial charge in [0.05, 0.1) is 5.41 Å². The molecule has 1 aliphatic heterocycles. The van der Waals surface area contributed by atoms with E-state index in [-0.39, 0.29) is 0 Å². The van der Waals surface area contributed by atoms with E-state index >= 15 is 0 Å². The fourth-order valence-electron chi connectivity index (χ4n) is 8.57. The van der Waals surface area contributed by atoms with Crippen molar-refractivity contribution >= 4 is 10.8 Å². The summed E-state index contributed by atoms with van der Waals surface area (Å²) in [7, 11) is 0. The van der Waals surface area contributed by atoms with Crippen LogP contribution in [0, 0.1) is 0 Å². The molecule has 1 aliphatic carbocycles. The Morgan fingerprint density at radius 2 is 0.778 bits per heavy atom. The summed E-state index contributed by atoms with van der Waals surface area (Å²) < 4.78 is 7.10. The van der Waals surface area contributed by atoms with Crippen molar-refractivity contribution in [3.63, 3.8) is 0 Å². The highest BCUT2D eigenvalue weighted by molar-refractivity contribution is 5.94. The number of para-hydroxylation sites is 1. The average molecular weight is 690 g/mol. The summed E-state index contributed by atoms with van der Waals surface area (Å²) >= 11 is 0. The number of fused-ring (bicyclic) bond motifs is 10. The van der Waals surface area contributed by atoms with Crippen molar-refractivity contribution < 1.29 is 4.74 Å². The molecule has 0 atom stereocenters. The second kappa shape index (κ2) is 11.9. The van der Waals surface area contributed by atoms with Crippen LogP contribution in [-0.4, -0.2) is 15.0 Å². The molecule has 1 aromatic heterocycles. The van der Waals surface area contributed by atoms with Crippen LogP contribution in [-0.2, 0) is 5.41 Å². The van der Waals surface area contributed by atoms with Crippen LogP contribution in [0.5, 0.6) is 11.5 Å². The molecular weight excluding hydrogens is 659 g/mol. The number of ether oxygens (including phenoxy) is 1. The molecule has 0 radical (unpaired) electrons. The first kappa shape index (κ1) is 30.5. The fourth-order valence-corrected chi connectivity index (χ4v) is 8.57. The minimum Gasteiger partial charge on any atom is -0.456 e. The normalized spacial score (nSPS) is 13.1. The third-order valence-electron chi connectivity index (χ3n) is 11.0. The van der Waals surface area contributed by atoms with Gasteiger partial charge in [-0.05, 0) is 50.7 Å². The molecule has 54 heavy (non-hydrogen) atoms. The molecule has 4 nitrogen and oxygen atoms in total. The summed E-state index contributed by atoms with van der Waals surface area (Å²) in [5.41, 5.74) is 11.7. The summed E-state index contributed by atoms with van der Waals surface area (Å²) in [6, 6.07) is 66.1. The molecule has 9 aromatic rings. The van der Waals surface area contributed by atoms with Crippen molar-refractivity contribution in [3.8, 4) is 67.9 Å². The van der Waals surface area contributed by atoms with Gasteiger partial charge < -0.3 is 4.74 Å². The zero-order chi connectivity index (χ0) is 35.6. The Hall–Kier alpha value is -7.17. The molecule has 0 saturated heterocycles. The van der Waals surface area contributed by atoms with Crippen LogP contribution in [0.4, 0.5) is 0 Å². The van der Waals surface area contributed by atoms with Crippen LogP contribution in [0.3, 0.4) is 0 Å². The van der Waals surface area contributed by atoms with Gasteiger partial charge in [0.15, 0.2) is 17.5 Å². The Balaban J connectivity index is 1.09. The van der Waals surface area contributed by atoms with Gasteiger partial charge in [-0.1, -0.05) is 176 Å². The first-order valence-corrected chi connectivity index (χ1v) is 18.3. The lowest BCUT2D eigenvalue weighted by molar-refractivity contribution is 0.439. The Labute approximate surface area is 313 Å². The number of aromatic nitrogens is 3. The first-order chi connectivity index (χ1) is 26.8. The van der Waals surface area contributed by atoms with Gasteiger partial charge in [-0.25, -0.2) is 15.0 Å². The van der Waals surface area contributed by atoms with Crippen molar-refractivity contribution in [2.24, 2.45) is 0 Å². The second-order valence-electron chi connectivity index (χ2n) is 13.9. The quantitative estimate of drug-likeness (QED) is 0.185. The molecule has 8 aromatic carbocycles. The van der Waals surface area contributed by atoms with Gasteiger partial charge >= 0.3 is 0 Å². The average Bonchev–Trinajstić information content (AvgIpc) is 3.54. The minimum atomic E-state index is -0.553. The van der Waals surface area contributed by atoms with Gasteiger partial charge in [-0.15, -0.1) is 0 Å². The molecule has 0 amide bonds. The van der Waals surface area contributed by atoms with E-state index in [2.05, 4.69) is 127 Å². The van der Waals surface area contributed by atoms with Crippen LogP contribution >= 0.6 is 0 Å².